The molecule has 5 nitrogen and oxygen atoms in total. The van der Waals surface area contributed by atoms with Crippen LogP contribution in [0.15, 0.2) is 18.3 Å². The van der Waals surface area contributed by atoms with Crippen LogP contribution in [0.25, 0.3) is 0 Å². The van der Waals surface area contributed by atoms with E-state index >= 15 is 0 Å². The molecular formula is C14H19NO4S. The summed E-state index contributed by atoms with van der Waals surface area (Å²) in [6.45, 7) is 1.85. The number of carbonyl (C=O) groups is 1. The Kier molecular flexibility index (Phi) is 4.13. The molecule has 0 spiro atoms. The van der Waals surface area contributed by atoms with Gasteiger partial charge in [-0.1, -0.05) is 6.07 Å². The van der Waals surface area contributed by atoms with Gasteiger partial charge in [-0.3, -0.25) is 9.78 Å². The van der Waals surface area contributed by atoms with E-state index in [4.69, 9.17) is 0 Å². The first-order chi connectivity index (χ1) is 9.36. The second kappa shape index (κ2) is 5.52. The summed E-state index contributed by atoms with van der Waals surface area (Å²) in [7, 11) is -1.95. The van der Waals surface area contributed by atoms with Crippen LogP contribution in [-0.2, 0) is 25.1 Å². The molecule has 6 heteroatoms. The first kappa shape index (κ1) is 15.0. The largest absolute Gasteiger partial charge is 0.469 e. The molecule has 0 aromatic carbocycles. The standard InChI is InChI=1S/C14H19NO4S/c1-11-4-3-7-15-12(11)9-20(17,18)10-14(5-6-14)8-13(16)19-2/h3-4,7H,5-6,8-10H2,1-2H3. The minimum Gasteiger partial charge on any atom is -0.469 e. The summed E-state index contributed by atoms with van der Waals surface area (Å²) < 4.78 is 29.2. The Labute approximate surface area is 119 Å². The molecule has 0 atom stereocenters. The van der Waals surface area contributed by atoms with Gasteiger partial charge in [0.2, 0.25) is 0 Å². The van der Waals surface area contributed by atoms with Crippen LogP contribution in [0.5, 0.6) is 0 Å². The quantitative estimate of drug-likeness (QED) is 0.746. The number of ether oxygens (including phenoxy) is 1. The maximum absolute atomic E-state index is 12.3. The molecule has 2 rings (SSSR count). The predicted octanol–water partition coefficient (Wildman–Crippen LogP) is 1.65. The summed E-state index contributed by atoms with van der Waals surface area (Å²) in [5, 5.41) is 0. The number of methoxy groups -OCH3 is 1. The van der Waals surface area contributed by atoms with Gasteiger partial charge in [-0.05, 0) is 36.8 Å². The number of hydrogen-bond donors (Lipinski definition) is 0. The van der Waals surface area contributed by atoms with Crippen LogP contribution in [0.3, 0.4) is 0 Å². The zero-order valence-corrected chi connectivity index (χ0v) is 12.6. The molecule has 1 saturated carbocycles. The van der Waals surface area contributed by atoms with E-state index in [9.17, 15) is 13.2 Å². The van der Waals surface area contributed by atoms with E-state index in [1.807, 2.05) is 13.0 Å². The zero-order chi connectivity index (χ0) is 14.8. The monoisotopic (exact) mass is 297 g/mol. The van der Waals surface area contributed by atoms with E-state index in [0.717, 1.165) is 18.4 Å². The molecule has 0 saturated heterocycles. The van der Waals surface area contributed by atoms with Crippen molar-refractivity contribution in [2.45, 2.75) is 31.9 Å². The molecule has 1 aromatic rings. The number of nitrogens with zero attached hydrogens (tertiary/aromatic N) is 1. The van der Waals surface area contributed by atoms with Gasteiger partial charge in [-0.25, -0.2) is 8.42 Å². The highest BCUT2D eigenvalue weighted by Gasteiger charge is 2.47. The minimum absolute atomic E-state index is 0.0329. The maximum Gasteiger partial charge on any atom is 0.306 e. The van der Waals surface area contributed by atoms with Crippen molar-refractivity contribution in [3.8, 4) is 0 Å². The summed E-state index contributed by atoms with van der Waals surface area (Å²) in [4.78, 5) is 15.5. The van der Waals surface area contributed by atoms with Crippen molar-refractivity contribution in [3.05, 3.63) is 29.6 Å². The molecule has 1 aromatic heterocycles. The van der Waals surface area contributed by atoms with Crippen molar-refractivity contribution in [1.29, 1.82) is 0 Å². The van der Waals surface area contributed by atoms with E-state index in [2.05, 4.69) is 9.72 Å². The first-order valence-corrected chi connectivity index (χ1v) is 8.36. The fraction of sp³-hybridized carbons (Fsp3) is 0.571. The molecule has 0 N–H and O–H groups in total. The third-order valence-electron chi connectivity index (χ3n) is 3.70. The first-order valence-electron chi connectivity index (χ1n) is 6.54. The number of sulfone groups is 1. The van der Waals surface area contributed by atoms with Crippen molar-refractivity contribution >= 4 is 15.8 Å². The lowest BCUT2D eigenvalue weighted by Gasteiger charge is -2.14. The zero-order valence-electron chi connectivity index (χ0n) is 11.8. The SMILES string of the molecule is COC(=O)CC1(CS(=O)(=O)Cc2ncccc2C)CC1. The van der Waals surface area contributed by atoms with E-state index in [1.54, 1.807) is 12.3 Å². The molecular weight excluding hydrogens is 278 g/mol. The number of carbonyl (C=O) groups excluding carboxylic acids is 1. The molecule has 0 bridgehead atoms. The van der Waals surface area contributed by atoms with E-state index in [0.29, 0.717) is 5.69 Å². The van der Waals surface area contributed by atoms with Crippen LogP contribution in [0, 0.1) is 12.3 Å². The summed E-state index contributed by atoms with van der Waals surface area (Å²) in [6.07, 6.45) is 3.31. The maximum atomic E-state index is 12.3. The number of pyridine rings is 1. The number of rotatable bonds is 6. The average Bonchev–Trinajstić information content (AvgIpc) is 3.10. The molecule has 1 aliphatic carbocycles. The summed E-state index contributed by atoms with van der Waals surface area (Å²) in [5.74, 6) is -0.375. The van der Waals surface area contributed by atoms with E-state index in [1.165, 1.54) is 7.11 Å². The normalized spacial score (nSPS) is 16.7. The van der Waals surface area contributed by atoms with E-state index < -0.39 is 15.3 Å². The Morgan fingerprint density at radius 1 is 1.45 bits per heavy atom. The van der Waals surface area contributed by atoms with Gasteiger partial charge in [0.15, 0.2) is 9.84 Å². The summed E-state index contributed by atoms with van der Waals surface area (Å²) in [6, 6.07) is 3.63. The van der Waals surface area contributed by atoms with Gasteiger partial charge in [0.05, 0.1) is 30.7 Å². The fourth-order valence-corrected chi connectivity index (χ4v) is 4.47. The van der Waals surface area contributed by atoms with Gasteiger partial charge in [-0.2, -0.15) is 0 Å². The third-order valence-corrected chi connectivity index (χ3v) is 5.47. The summed E-state index contributed by atoms with van der Waals surface area (Å²) >= 11 is 0. The molecule has 0 amide bonds. The topological polar surface area (TPSA) is 73.3 Å². The molecule has 0 radical (unpaired) electrons. The number of hydrogen-bond acceptors (Lipinski definition) is 5. The highest BCUT2D eigenvalue weighted by atomic mass is 32.2. The van der Waals surface area contributed by atoms with Gasteiger partial charge in [0.1, 0.15) is 0 Å². The van der Waals surface area contributed by atoms with Crippen LogP contribution in [0.4, 0.5) is 0 Å². The van der Waals surface area contributed by atoms with Crippen molar-refractivity contribution in [2.75, 3.05) is 12.9 Å². The summed E-state index contributed by atoms with van der Waals surface area (Å²) in [5.41, 5.74) is 1.05. The van der Waals surface area contributed by atoms with Crippen molar-refractivity contribution in [2.24, 2.45) is 5.41 Å². The smallest absolute Gasteiger partial charge is 0.306 e. The number of aryl methyl sites for hydroxylation is 1. The Morgan fingerprint density at radius 2 is 2.15 bits per heavy atom. The average molecular weight is 297 g/mol. The fourth-order valence-electron chi connectivity index (χ4n) is 2.32. The van der Waals surface area contributed by atoms with Gasteiger partial charge in [0, 0.05) is 6.20 Å². The Hall–Kier alpha value is -1.43. The van der Waals surface area contributed by atoms with Crippen LogP contribution in [0.2, 0.25) is 0 Å². The van der Waals surface area contributed by atoms with Gasteiger partial charge in [0.25, 0.3) is 0 Å². The van der Waals surface area contributed by atoms with Gasteiger partial charge in [-0.15, -0.1) is 0 Å². The third kappa shape index (κ3) is 3.79. The highest BCUT2D eigenvalue weighted by molar-refractivity contribution is 7.90. The van der Waals surface area contributed by atoms with Crippen molar-refractivity contribution in [3.63, 3.8) is 0 Å². The van der Waals surface area contributed by atoms with Crippen LogP contribution in [-0.4, -0.2) is 32.2 Å². The molecule has 1 aliphatic rings. The van der Waals surface area contributed by atoms with Gasteiger partial charge < -0.3 is 4.74 Å². The molecule has 0 unspecified atom stereocenters. The molecule has 20 heavy (non-hydrogen) atoms. The Balaban J connectivity index is 2.05. The molecule has 1 fully saturated rings. The second-order valence-corrected chi connectivity index (χ2v) is 7.62. The lowest BCUT2D eigenvalue weighted by molar-refractivity contribution is -0.141. The predicted molar refractivity (Wildman–Crippen MR) is 74.8 cm³/mol. The molecule has 1 heterocycles. The van der Waals surface area contributed by atoms with E-state index in [-0.39, 0.29) is 23.9 Å². The van der Waals surface area contributed by atoms with Gasteiger partial charge >= 0.3 is 5.97 Å². The minimum atomic E-state index is -3.28. The Morgan fingerprint density at radius 3 is 2.70 bits per heavy atom. The molecule has 0 aliphatic heterocycles. The van der Waals surface area contributed by atoms with Crippen LogP contribution >= 0.6 is 0 Å². The number of aromatic nitrogens is 1. The highest BCUT2D eigenvalue weighted by Crippen LogP contribution is 2.50. The second-order valence-electron chi connectivity index (χ2n) is 5.55. The molecule has 110 valence electrons. The van der Waals surface area contributed by atoms with Crippen molar-refractivity contribution < 1.29 is 17.9 Å². The van der Waals surface area contributed by atoms with Crippen LogP contribution < -0.4 is 0 Å². The lowest BCUT2D eigenvalue weighted by Crippen LogP contribution is -2.22. The number of esters is 1. The lowest BCUT2D eigenvalue weighted by atomic mass is 10.1. The van der Waals surface area contributed by atoms with Crippen LogP contribution in [0.1, 0.15) is 30.5 Å². The Bertz CT molecular complexity index is 605. The van der Waals surface area contributed by atoms with Crippen molar-refractivity contribution in [1.82, 2.24) is 4.98 Å².